The summed E-state index contributed by atoms with van der Waals surface area (Å²) in [6.07, 6.45) is 3.40. The van der Waals surface area contributed by atoms with Gasteiger partial charge in [0.25, 0.3) is 0 Å². The summed E-state index contributed by atoms with van der Waals surface area (Å²) in [7, 11) is 1.63. The van der Waals surface area contributed by atoms with Crippen LogP contribution in [0.25, 0.3) is 6.08 Å². The van der Waals surface area contributed by atoms with E-state index in [9.17, 15) is 0 Å². The first-order valence-electron chi connectivity index (χ1n) is 4.40. The van der Waals surface area contributed by atoms with Crippen molar-refractivity contribution in [1.29, 1.82) is 0 Å². The number of benzene rings is 1. The van der Waals surface area contributed by atoms with Crippen LogP contribution in [0.3, 0.4) is 0 Å². The summed E-state index contributed by atoms with van der Waals surface area (Å²) < 4.78 is 10.0. The fraction of sp³-hybridized carbons (Fsp3) is 0.273. The SMILES string of the molecule is COc1ccc(/C=C/OCCO)cc1. The van der Waals surface area contributed by atoms with E-state index in [2.05, 4.69) is 0 Å². The van der Waals surface area contributed by atoms with Crippen LogP contribution >= 0.6 is 0 Å². The van der Waals surface area contributed by atoms with Gasteiger partial charge in [-0.05, 0) is 23.8 Å². The Labute approximate surface area is 83.6 Å². The molecule has 0 aliphatic rings. The highest BCUT2D eigenvalue weighted by Gasteiger charge is 1.89. The van der Waals surface area contributed by atoms with Crippen molar-refractivity contribution >= 4 is 6.08 Å². The van der Waals surface area contributed by atoms with E-state index in [4.69, 9.17) is 14.6 Å². The normalized spacial score (nSPS) is 10.4. The van der Waals surface area contributed by atoms with Gasteiger partial charge in [0.15, 0.2) is 0 Å². The summed E-state index contributed by atoms with van der Waals surface area (Å²) in [5, 5.41) is 8.46. The van der Waals surface area contributed by atoms with Gasteiger partial charge in [-0.2, -0.15) is 0 Å². The summed E-state index contributed by atoms with van der Waals surface area (Å²) in [6, 6.07) is 7.62. The van der Waals surface area contributed by atoms with Crippen LogP contribution in [0, 0.1) is 0 Å². The monoisotopic (exact) mass is 194 g/mol. The Hall–Kier alpha value is -1.48. The molecule has 1 aromatic rings. The molecule has 0 aliphatic heterocycles. The summed E-state index contributed by atoms with van der Waals surface area (Å²) in [6.45, 7) is 0.361. The Bertz CT molecular complexity index is 277. The molecule has 0 bridgehead atoms. The number of hydrogen-bond donors (Lipinski definition) is 1. The van der Waals surface area contributed by atoms with Gasteiger partial charge in [-0.3, -0.25) is 0 Å². The minimum absolute atomic E-state index is 0.0347. The largest absolute Gasteiger partial charge is 0.499 e. The first kappa shape index (κ1) is 10.6. The second-order valence-electron chi connectivity index (χ2n) is 2.67. The maximum atomic E-state index is 8.46. The average molecular weight is 194 g/mol. The molecule has 3 heteroatoms. The zero-order chi connectivity index (χ0) is 10.2. The smallest absolute Gasteiger partial charge is 0.118 e. The summed E-state index contributed by atoms with van der Waals surface area (Å²) >= 11 is 0. The molecule has 0 atom stereocenters. The van der Waals surface area contributed by atoms with E-state index < -0.39 is 0 Å². The van der Waals surface area contributed by atoms with Crippen molar-refractivity contribution in [3.05, 3.63) is 36.1 Å². The van der Waals surface area contributed by atoms with Gasteiger partial charge in [-0.1, -0.05) is 12.1 Å². The lowest BCUT2D eigenvalue weighted by atomic mass is 10.2. The molecular weight excluding hydrogens is 180 g/mol. The first-order chi connectivity index (χ1) is 6.86. The van der Waals surface area contributed by atoms with Crippen LogP contribution in [0.15, 0.2) is 30.5 Å². The van der Waals surface area contributed by atoms with Gasteiger partial charge < -0.3 is 14.6 Å². The van der Waals surface area contributed by atoms with Gasteiger partial charge in [-0.15, -0.1) is 0 Å². The van der Waals surface area contributed by atoms with Crippen molar-refractivity contribution in [2.24, 2.45) is 0 Å². The zero-order valence-corrected chi connectivity index (χ0v) is 8.14. The molecule has 3 nitrogen and oxygen atoms in total. The number of aliphatic hydroxyl groups excluding tert-OH is 1. The number of hydrogen-bond acceptors (Lipinski definition) is 3. The summed E-state index contributed by atoms with van der Waals surface area (Å²) in [4.78, 5) is 0. The Morgan fingerprint density at radius 1 is 1.29 bits per heavy atom. The molecule has 0 aliphatic carbocycles. The van der Waals surface area contributed by atoms with E-state index in [0.29, 0.717) is 6.61 Å². The van der Waals surface area contributed by atoms with Crippen molar-refractivity contribution in [2.75, 3.05) is 20.3 Å². The van der Waals surface area contributed by atoms with Gasteiger partial charge in [0.1, 0.15) is 12.4 Å². The summed E-state index contributed by atoms with van der Waals surface area (Å²) in [5.74, 6) is 0.832. The van der Waals surface area contributed by atoms with Crippen molar-refractivity contribution in [1.82, 2.24) is 0 Å². The van der Waals surface area contributed by atoms with Crippen molar-refractivity contribution in [3.8, 4) is 5.75 Å². The van der Waals surface area contributed by atoms with Crippen LogP contribution in [0.2, 0.25) is 0 Å². The van der Waals surface area contributed by atoms with E-state index >= 15 is 0 Å². The van der Waals surface area contributed by atoms with Crippen LogP contribution in [-0.2, 0) is 4.74 Å². The maximum absolute atomic E-state index is 8.46. The molecule has 0 saturated carbocycles. The molecule has 0 saturated heterocycles. The van der Waals surface area contributed by atoms with Gasteiger partial charge in [0, 0.05) is 0 Å². The third-order valence-corrected chi connectivity index (χ3v) is 1.68. The molecular formula is C11H14O3. The highest BCUT2D eigenvalue weighted by atomic mass is 16.5. The molecule has 1 N–H and O–H groups in total. The third kappa shape index (κ3) is 3.49. The summed E-state index contributed by atoms with van der Waals surface area (Å²) in [5.41, 5.74) is 1.03. The Morgan fingerprint density at radius 3 is 2.57 bits per heavy atom. The molecule has 76 valence electrons. The lowest BCUT2D eigenvalue weighted by molar-refractivity contribution is 0.167. The second kappa shape index (κ2) is 6.05. The minimum Gasteiger partial charge on any atom is -0.499 e. The Morgan fingerprint density at radius 2 is 2.00 bits per heavy atom. The van der Waals surface area contributed by atoms with E-state index in [0.717, 1.165) is 11.3 Å². The number of rotatable bonds is 5. The van der Waals surface area contributed by atoms with Crippen LogP contribution in [0.1, 0.15) is 5.56 Å². The van der Waals surface area contributed by atoms with Gasteiger partial charge in [0.05, 0.1) is 20.0 Å². The van der Waals surface area contributed by atoms with Gasteiger partial charge in [0.2, 0.25) is 0 Å². The maximum Gasteiger partial charge on any atom is 0.118 e. The zero-order valence-electron chi connectivity index (χ0n) is 8.14. The second-order valence-corrected chi connectivity index (χ2v) is 2.67. The average Bonchev–Trinajstić information content (AvgIpc) is 2.25. The Balaban J connectivity index is 2.47. The van der Waals surface area contributed by atoms with Crippen LogP contribution in [0.4, 0.5) is 0 Å². The van der Waals surface area contributed by atoms with Crippen LogP contribution < -0.4 is 4.74 Å². The number of methoxy groups -OCH3 is 1. The standard InChI is InChI=1S/C11H14O3/c1-13-11-4-2-10(3-5-11)6-8-14-9-7-12/h2-6,8,12H,7,9H2,1H3/b8-6+. The fourth-order valence-electron chi connectivity index (χ4n) is 0.962. The molecule has 1 aromatic carbocycles. The molecule has 0 radical (unpaired) electrons. The van der Waals surface area contributed by atoms with Crippen LogP contribution in [-0.4, -0.2) is 25.4 Å². The number of aliphatic hydroxyl groups is 1. The first-order valence-corrected chi connectivity index (χ1v) is 4.40. The van der Waals surface area contributed by atoms with Crippen molar-refractivity contribution in [3.63, 3.8) is 0 Å². The highest BCUT2D eigenvalue weighted by molar-refractivity contribution is 5.49. The van der Waals surface area contributed by atoms with E-state index in [1.807, 2.05) is 30.3 Å². The van der Waals surface area contributed by atoms with Gasteiger partial charge >= 0.3 is 0 Å². The molecule has 0 spiro atoms. The van der Waals surface area contributed by atoms with E-state index in [-0.39, 0.29) is 6.61 Å². The quantitative estimate of drug-likeness (QED) is 0.572. The molecule has 0 fully saturated rings. The van der Waals surface area contributed by atoms with Gasteiger partial charge in [-0.25, -0.2) is 0 Å². The lowest BCUT2D eigenvalue weighted by Crippen LogP contribution is -1.91. The molecule has 14 heavy (non-hydrogen) atoms. The highest BCUT2D eigenvalue weighted by Crippen LogP contribution is 2.12. The molecule has 1 rings (SSSR count). The van der Waals surface area contributed by atoms with E-state index in [1.165, 1.54) is 0 Å². The minimum atomic E-state index is 0.0347. The van der Waals surface area contributed by atoms with Crippen molar-refractivity contribution < 1.29 is 14.6 Å². The molecule has 0 amide bonds. The molecule has 0 heterocycles. The Kier molecular flexibility index (Phi) is 4.58. The molecule has 0 aromatic heterocycles. The fourth-order valence-corrected chi connectivity index (χ4v) is 0.962. The predicted octanol–water partition coefficient (Wildman–Crippen LogP) is 1.67. The lowest BCUT2D eigenvalue weighted by Gasteiger charge is -1.99. The van der Waals surface area contributed by atoms with Crippen LogP contribution in [0.5, 0.6) is 5.75 Å². The predicted molar refractivity (Wildman–Crippen MR) is 55.1 cm³/mol. The topological polar surface area (TPSA) is 38.7 Å². The van der Waals surface area contributed by atoms with E-state index in [1.54, 1.807) is 13.4 Å². The third-order valence-electron chi connectivity index (χ3n) is 1.68. The van der Waals surface area contributed by atoms with Crippen molar-refractivity contribution in [2.45, 2.75) is 0 Å². The molecule has 0 unspecified atom stereocenters. The number of ether oxygens (including phenoxy) is 2.